The van der Waals surface area contributed by atoms with Crippen molar-refractivity contribution in [3.63, 3.8) is 0 Å². The lowest BCUT2D eigenvalue weighted by molar-refractivity contribution is -0.384. The molecular weight excluding hydrogens is 386 g/mol. The molecule has 0 atom stereocenters. The zero-order chi connectivity index (χ0) is 20.3. The molecule has 0 spiro atoms. The van der Waals surface area contributed by atoms with Crippen molar-refractivity contribution in [1.82, 2.24) is 15.6 Å². The first-order chi connectivity index (χ1) is 14.2. The summed E-state index contributed by atoms with van der Waals surface area (Å²) in [5.74, 6) is 0.718. The molecule has 7 nitrogen and oxygen atoms in total. The third-order valence-electron chi connectivity index (χ3n) is 4.21. The Labute approximate surface area is 173 Å². The monoisotopic (exact) mass is 409 g/mol. The molecule has 0 radical (unpaired) electrons. The highest BCUT2D eigenvalue weighted by Crippen LogP contribution is 2.12. The fraction of sp³-hybridized carbons (Fsp3) is 0.238. The average molecular weight is 410 g/mol. The Balaban J connectivity index is 1.57. The third-order valence-corrected chi connectivity index (χ3v) is 5.15. The molecule has 0 saturated heterocycles. The Kier molecular flexibility index (Phi) is 7.71. The van der Waals surface area contributed by atoms with E-state index in [1.54, 1.807) is 29.7 Å². The molecule has 0 fully saturated rings. The molecule has 0 aliphatic carbocycles. The number of nitrogens with one attached hydrogen (secondary N) is 2. The molecule has 3 aromatic rings. The van der Waals surface area contributed by atoms with Crippen LogP contribution in [0.25, 0.3) is 0 Å². The summed E-state index contributed by atoms with van der Waals surface area (Å²) in [5, 5.41) is 19.6. The molecule has 0 aliphatic heterocycles. The zero-order valence-corrected chi connectivity index (χ0v) is 16.8. The molecule has 8 heteroatoms. The molecule has 0 aliphatic rings. The van der Waals surface area contributed by atoms with E-state index >= 15 is 0 Å². The number of nitro groups is 1. The highest BCUT2D eigenvalue weighted by Gasteiger charge is 2.05. The lowest BCUT2D eigenvalue weighted by atomic mass is 10.2. The predicted octanol–water partition coefficient (Wildman–Crippen LogP) is 3.57. The number of non-ortho nitro benzene ring substituents is 1. The summed E-state index contributed by atoms with van der Waals surface area (Å²) in [6, 6.07) is 16.5. The molecule has 150 valence electrons. The molecule has 0 amide bonds. The first kappa shape index (κ1) is 20.5. The number of rotatable bonds is 9. The first-order valence-corrected chi connectivity index (χ1v) is 10.3. The minimum Gasteiger partial charge on any atom is -0.356 e. The van der Waals surface area contributed by atoms with Gasteiger partial charge in [0.2, 0.25) is 0 Å². The summed E-state index contributed by atoms with van der Waals surface area (Å²) in [6.45, 7) is 1.92. The second kappa shape index (κ2) is 10.9. The van der Waals surface area contributed by atoms with Gasteiger partial charge >= 0.3 is 0 Å². The third kappa shape index (κ3) is 7.00. The number of aromatic nitrogens is 1. The molecule has 2 aromatic heterocycles. The fourth-order valence-corrected chi connectivity index (χ4v) is 3.39. The van der Waals surface area contributed by atoms with Crippen molar-refractivity contribution >= 4 is 23.0 Å². The van der Waals surface area contributed by atoms with Crippen LogP contribution in [0.15, 0.2) is 71.2 Å². The maximum atomic E-state index is 10.8. The minimum absolute atomic E-state index is 0.0838. The topological polar surface area (TPSA) is 92.5 Å². The van der Waals surface area contributed by atoms with Gasteiger partial charge in [0.25, 0.3) is 5.69 Å². The number of benzene rings is 1. The quantitative estimate of drug-likeness (QED) is 0.244. The fourth-order valence-electron chi connectivity index (χ4n) is 2.68. The van der Waals surface area contributed by atoms with Crippen molar-refractivity contribution in [3.05, 3.63) is 92.4 Å². The van der Waals surface area contributed by atoms with Gasteiger partial charge in [-0.1, -0.05) is 24.3 Å². The number of pyridine rings is 1. The van der Waals surface area contributed by atoms with Gasteiger partial charge in [-0.05, 0) is 35.6 Å². The SMILES string of the molecule is O=[N+]([O-])c1ccc(CN=C(NCCc2ccccn2)NCCc2cccs2)cc1. The van der Waals surface area contributed by atoms with Gasteiger partial charge in [-0.25, -0.2) is 4.99 Å². The molecule has 0 bridgehead atoms. The van der Waals surface area contributed by atoms with Crippen molar-refractivity contribution in [2.75, 3.05) is 13.1 Å². The smallest absolute Gasteiger partial charge is 0.269 e. The van der Waals surface area contributed by atoms with Crippen LogP contribution in [-0.2, 0) is 19.4 Å². The molecule has 29 heavy (non-hydrogen) atoms. The van der Waals surface area contributed by atoms with Crippen LogP contribution in [0.1, 0.15) is 16.1 Å². The standard InChI is InChI=1S/C21H23N5O2S/c27-26(28)19-8-6-17(7-9-19)16-25-21(24-14-11-20-5-3-15-29-20)23-13-10-18-4-1-2-12-22-18/h1-9,12,15H,10-11,13-14,16H2,(H2,23,24,25). The van der Waals surface area contributed by atoms with Crippen molar-refractivity contribution in [2.45, 2.75) is 19.4 Å². The summed E-state index contributed by atoms with van der Waals surface area (Å²) in [5.41, 5.74) is 2.02. The van der Waals surface area contributed by atoms with E-state index in [1.165, 1.54) is 17.0 Å². The van der Waals surface area contributed by atoms with Crippen molar-refractivity contribution in [1.29, 1.82) is 0 Å². The van der Waals surface area contributed by atoms with Crippen LogP contribution >= 0.6 is 11.3 Å². The summed E-state index contributed by atoms with van der Waals surface area (Å²) in [7, 11) is 0. The number of nitrogens with zero attached hydrogens (tertiary/aromatic N) is 3. The van der Waals surface area contributed by atoms with Crippen LogP contribution in [-0.4, -0.2) is 29.0 Å². The zero-order valence-electron chi connectivity index (χ0n) is 16.0. The number of hydrogen-bond donors (Lipinski definition) is 2. The maximum absolute atomic E-state index is 10.8. The number of hydrogen-bond acceptors (Lipinski definition) is 5. The molecule has 0 saturated carbocycles. The largest absolute Gasteiger partial charge is 0.356 e. The van der Waals surface area contributed by atoms with Gasteiger partial charge < -0.3 is 10.6 Å². The predicted molar refractivity (Wildman–Crippen MR) is 116 cm³/mol. The lowest BCUT2D eigenvalue weighted by Gasteiger charge is -2.12. The summed E-state index contributed by atoms with van der Waals surface area (Å²) in [4.78, 5) is 20.7. The van der Waals surface area contributed by atoms with Gasteiger partial charge in [0.15, 0.2) is 5.96 Å². The van der Waals surface area contributed by atoms with E-state index in [4.69, 9.17) is 0 Å². The summed E-state index contributed by atoms with van der Waals surface area (Å²) in [6.07, 6.45) is 3.51. The van der Waals surface area contributed by atoms with E-state index in [2.05, 4.69) is 38.1 Å². The second-order valence-corrected chi connectivity index (χ2v) is 7.37. The van der Waals surface area contributed by atoms with Crippen LogP contribution in [0, 0.1) is 10.1 Å². The number of aliphatic imine (C=N–C) groups is 1. The maximum Gasteiger partial charge on any atom is 0.269 e. The Morgan fingerprint density at radius 3 is 2.48 bits per heavy atom. The molecule has 3 rings (SSSR count). The lowest BCUT2D eigenvalue weighted by Crippen LogP contribution is -2.39. The van der Waals surface area contributed by atoms with Gasteiger partial charge in [-0.3, -0.25) is 15.1 Å². The van der Waals surface area contributed by atoms with E-state index < -0.39 is 4.92 Å². The van der Waals surface area contributed by atoms with Gasteiger partial charge in [0.1, 0.15) is 0 Å². The Morgan fingerprint density at radius 1 is 1.03 bits per heavy atom. The molecule has 2 N–H and O–H groups in total. The van der Waals surface area contributed by atoms with E-state index in [-0.39, 0.29) is 5.69 Å². The summed E-state index contributed by atoms with van der Waals surface area (Å²) >= 11 is 1.74. The molecular formula is C21H23N5O2S. The first-order valence-electron chi connectivity index (χ1n) is 9.38. The van der Waals surface area contributed by atoms with Crippen LogP contribution < -0.4 is 10.6 Å². The van der Waals surface area contributed by atoms with Crippen LogP contribution in [0.2, 0.25) is 0 Å². The Morgan fingerprint density at radius 2 is 1.83 bits per heavy atom. The van der Waals surface area contributed by atoms with Crippen LogP contribution in [0.4, 0.5) is 5.69 Å². The molecule has 0 unspecified atom stereocenters. The normalized spacial score (nSPS) is 11.2. The number of nitro benzene ring substituents is 1. The van der Waals surface area contributed by atoms with Gasteiger partial charge in [0, 0.05) is 48.4 Å². The van der Waals surface area contributed by atoms with Gasteiger partial charge in [-0.15, -0.1) is 11.3 Å². The van der Waals surface area contributed by atoms with E-state index in [0.717, 1.165) is 36.6 Å². The number of thiophene rings is 1. The minimum atomic E-state index is -0.399. The summed E-state index contributed by atoms with van der Waals surface area (Å²) < 4.78 is 0. The molecule has 2 heterocycles. The van der Waals surface area contributed by atoms with Crippen molar-refractivity contribution in [2.24, 2.45) is 4.99 Å². The van der Waals surface area contributed by atoms with E-state index in [0.29, 0.717) is 13.1 Å². The van der Waals surface area contributed by atoms with E-state index in [9.17, 15) is 10.1 Å². The van der Waals surface area contributed by atoms with Gasteiger partial charge in [-0.2, -0.15) is 0 Å². The Bertz CT molecular complexity index is 912. The second-order valence-electron chi connectivity index (χ2n) is 6.34. The average Bonchev–Trinajstić information content (AvgIpc) is 3.26. The Hall–Kier alpha value is -3.26. The van der Waals surface area contributed by atoms with Crippen LogP contribution in [0.3, 0.4) is 0 Å². The van der Waals surface area contributed by atoms with E-state index in [1.807, 2.05) is 18.2 Å². The van der Waals surface area contributed by atoms with Gasteiger partial charge in [0.05, 0.1) is 11.5 Å². The number of guanidine groups is 1. The molecule has 1 aromatic carbocycles. The van der Waals surface area contributed by atoms with Crippen LogP contribution in [0.5, 0.6) is 0 Å². The van der Waals surface area contributed by atoms with Crippen molar-refractivity contribution < 1.29 is 4.92 Å². The van der Waals surface area contributed by atoms with Crippen molar-refractivity contribution in [3.8, 4) is 0 Å². The highest BCUT2D eigenvalue weighted by molar-refractivity contribution is 7.09. The highest BCUT2D eigenvalue weighted by atomic mass is 32.1.